The Labute approximate surface area is 125 Å². The van der Waals surface area contributed by atoms with Crippen molar-refractivity contribution in [1.82, 2.24) is 5.32 Å². The van der Waals surface area contributed by atoms with E-state index >= 15 is 0 Å². The van der Waals surface area contributed by atoms with Crippen molar-refractivity contribution < 1.29 is 5.11 Å². The first-order valence-corrected chi connectivity index (χ1v) is 9.51. The number of aliphatic hydroxyl groups excluding tert-OH is 1. The molecule has 1 saturated carbocycles. The Bertz CT molecular complexity index is 330. The monoisotopic (exact) mass is 299 g/mol. The van der Waals surface area contributed by atoms with E-state index in [1.807, 2.05) is 23.1 Å². The van der Waals surface area contributed by atoms with Gasteiger partial charge in [0, 0.05) is 29.3 Å². The molecule has 19 heavy (non-hydrogen) atoms. The highest BCUT2D eigenvalue weighted by atomic mass is 32.2. The molecule has 1 aromatic rings. The van der Waals surface area contributed by atoms with Gasteiger partial charge >= 0.3 is 0 Å². The van der Waals surface area contributed by atoms with Crippen molar-refractivity contribution in [3.63, 3.8) is 0 Å². The van der Waals surface area contributed by atoms with Crippen LogP contribution in [0.1, 0.15) is 43.0 Å². The standard InChI is InChI=1S/C15H25NOS2/c1-18-11-13(8-9-17)16-15(12-5-2-3-6-12)14-7-4-10-19-14/h4,7,10,12-13,15-17H,2-3,5-6,8-9,11H2,1H3. The highest BCUT2D eigenvalue weighted by Gasteiger charge is 2.28. The lowest BCUT2D eigenvalue weighted by atomic mass is 9.95. The van der Waals surface area contributed by atoms with E-state index in [-0.39, 0.29) is 6.61 Å². The van der Waals surface area contributed by atoms with Gasteiger partial charge in [0.05, 0.1) is 0 Å². The third-order valence-electron chi connectivity index (χ3n) is 3.98. The van der Waals surface area contributed by atoms with Gasteiger partial charge < -0.3 is 10.4 Å². The van der Waals surface area contributed by atoms with Crippen LogP contribution in [0.5, 0.6) is 0 Å². The number of rotatable bonds is 8. The van der Waals surface area contributed by atoms with E-state index in [1.165, 1.54) is 30.6 Å². The first kappa shape index (κ1) is 15.4. The summed E-state index contributed by atoms with van der Waals surface area (Å²) in [6.45, 7) is 0.278. The van der Waals surface area contributed by atoms with Crippen molar-refractivity contribution in [3.05, 3.63) is 22.4 Å². The smallest absolute Gasteiger partial charge is 0.0446 e. The molecule has 2 N–H and O–H groups in total. The normalized spacial score (nSPS) is 19.7. The predicted molar refractivity (Wildman–Crippen MR) is 86.0 cm³/mol. The van der Waals surface area contributed by atoms with Crippen LogP contribution in [-0.2, 0) is 0 Å². The van der Waals surface area contributed by atoms with Crippen LogP contribution in [0.15, 0.2) is 17.5 Å². The Hall–Kier alpha value is -0.0300. The van der Waals surface area contributed by atoms with Crippen molar-refractivity contribution in [1.29, 1.82) is 0 Å². The van der Waals surface area contributed by atoms with Crippen LogP contribution in [0.2, 0.25) is 0 Å². The van der Waals surface area contributed by atoms with Gasteiger partial charge in [-0.25, -0.2) is 0 Å². The molecule has 2 nitrogen and oxygen atoms in total. The summed E-state index contributed by atoms with van der Waals surface area (Å²) >= 11 is 3.73. The van der Waals surface area contributed by atoms with E-state index in [1.54, 1.807) is 0 Å². The van der Waals surface area contributed by atoms with E-state index in [0.29, 0.717) is 12.1 Å². The van der Waals surface area contributed by atoms with Crippen LogP contribution in [0.4, 0.5) is 0 Å². The molecule has 1 fully saturated rings. The van der Waals surface area contributed by atoms with Crippen molar-refractivity contribution in [3.8, 4) is 0 Å². The summed E-state index contributed by atoms with van der Waals surface area (Å²) < 4.78 is 0. The minimum absolute atomic E-state index is 0.278. The Morgan fingerprint density at radius 2 is 2.26 bits per heavy atom. The summed E-state index contributed by atoms with van der Waals surface area (Å²) in [5.74, 6) is 1.86. The summed E-state index contributed by atoms with van der Waals surface area (Å²) in [6.07, 6.45) is 8.45. The van der Waals surface area contributed by atoms with Gasteiger partial charge in [0.2, 0.25) is 0 Å². The average molecular weight is 300 g/mol. The molecule has 0 bridgehead atoms. The molecule has 1 heterocycles. The van der Waals surface area contributed by atoms with Crippen LogP contribution in [0, 0.1) is 5.92 Å². The maximum atomic E-state index is 9.23. The van der Waals surface area contributed by atoms with Crippen LogP contribution >= 0.6 is 23.1 Å². The fourth-order valence-electron chi connectivity index (χ4n) is 3.04. The number of thiophene rings is 1. The van der Waals surface area contributed by atoms with Crippen LogP contribution in [0.25, 0.3) is 0 Å². The number of nitrogens with one attached hydrogen (secondary N) is 1. The minimum atomic E-state index is 0.278. The molecule has 0 saturated heterocycles. The molecule has 2 rings (SSSR count). The zero-order valence-electron chi connectivity index (χ0n) is 11.7. The molecule has 0 amide bonds. The number of aliphatic hydroxyl groups is 1. The van der Waals surface area contributed by atoms with E-state index in [9.17, 15) is 5.11 Å². The number of hydrogen-bond acceptors (Lipinski definition) is 4. The first-order chi connectivity index (χ1) is 9.35. The molecule has 1 aromatic heterocycles. The topological polar surface area (TPSA) is 32.3 Å². The Morgan fingerprint density at radius 1 is 1.47 bits per heavy atom. The molecule has 1 aliphatic rings. The molecule has 4 heteroatoms. The zero-order chi connectivity index (χ0) is 13.5. The third-order valence-corrected chi connectivity index (χ3v) is 5.67. The van der Waals surface area contributed by atoms with E-state index < -0.39 is 0 Å². The molecule has 0 spiro atoms. The summed E-state index contributed by atoms with van der Waals surface area (Å²) in [7, 11) is 0. The van der Waals surface area contributed by atoms with Crippen LogP contribution in [-0.4, -0.2) is 29.8 Å². The molecular weight excluding hydrogens is 274 g/mol. The maximum absolute atomic E-state index is 9.23. The van der Waals surface area contributed by atoms with Gasteiger partial charge in [0.25, 0.3) is 0 Å². The van der Waals surface area contributed by atoms with Gasteiger partial charge in [-0.05, 0) is 42.9 Å². The highest BCUT2D eigenvalue weighted by molar-refractivity contribution is 7.98. The lowest BCUT2D eigenvalue weighted by Gasteiger charge is -2.29. The summed E-state index contributed by atoms with van der Waals surface area (Å²) in [4.78, 5) is 1.47. The van der Waals surface area contributed by atoms with Crippen molar-refractivity contribution >= 4 is 23.1 Å². The largest absolute Gasteiger partial charge is 0.396 e. The van der Waals surface area contributed by atoms with E-state index in [0.717, 1.165) is 18.1 Å². The van der Waals surface area contributed by atoms with E-state index in [4.69, 9.17) is 0 Å². The second-order valence-corrected chi connectivity index (χ2v) is 7.26. The zero-order valence-corrected chi connectivity index (χ0v) is 13.3. The van der Waals surface area contributed by atoms with Crippen molar-refractivity contribution in [2.24, 2.45) is 5.92 Å². The molecule has 2 unspecified atom stereocenters. The number of thioether (sulfide) groups is 1. The van der Waals surface area contributed by atoms with E-state index in [2.05, 4.69) is 29.1 Å². The first-order valence-electron chi connectivity index (χ1n) is 7.24. The lowest BCUT2D eigenvalue weighted by Crippen LogP contribution is -2.38. The second-order valence-electron chi connectivity index (χ2n) is 5.37. The van der Waals surface area contributed by atoms with Gasteiger partial charge in [0.15, 0.2) is 0 Å². The molecule has 1 aliphatic carbocycles. The molecule has 0 aliphatic heterocycles. The molecule has 108 valence electrons. The summed E-state index contributed by atoms with van der Waals surface area (Å²) in [5, 5.41) is 15.2. The molecule has 0 radical (unpaired) electrons. The minimum Gasteiger partial charge on any atom is -0.396 e. The predicted octanol–water partition coefficient (Wildman–Crippen LogP) is 3.68. The van der Waals surface area contributed by atoms with Crippen LogP contribution < -0.4 is 5.32 Å². The van der Waals surface area contributed by atoms with Gasteiger partial charge in [-0.3, -0.25) is 0 Å². The van der Waals surface area contributed by atoms with Gasteiger partial charge in [-0.1, -0.05) is 18.9 Å². The highest BCUT2D eigenvalue weighted by Crippen LogP contribution is 2.37. The summed E-state index contributed by atoms with van der Waals surface area (Å²) in [6, 6.07) is 5.33. The molecule has 0 aromatic carbocycles. The fourth-order valence-corrected chi connectivity index (χ4v) is 4.58. The quantitative estimate of drug-likeness (QED) is 0.768. The molecule has 2 atom stereocenters. The lowest BCUT2D eigenvalue weighted by molar-refractivity contribution is 0.253. The Kier molecular flexibility index (Phi) is 6.71. The Balaban J connectivity index is 2.03. The average Bonchev–Trinajstić information content (AvgIpc) is 3.09. The maximum Gasteiger partial charge on any atom is 0.0446 e. The van der Waals surface area contributed by atoms with Crippen molar-refractivity contribution in [2.45, 2.75) is 44.2 Å². The van der Waals surface area contributed by atoms with Gasteiger partial charge in [-0.2, -0.15) is 11.8 Å². The summed E-state index contributed by atoms with van der Waals surface area (Å²) in [5.41, 5.74) is 0. The Morgan fingerprint density at radius 3 is 2.84 bits per heavy atom. The second kappa shape index (κ2) is 8.30. The van der Waals surface area contributed by atoms with Crippen LogP contribution in [0.3, 0.4) is 0 Å². The third kappa shape index (κ3) is 4.48. The van der Waals surface area contributed by atoms with Gasteiger partial charge in [-0.15, -0.1) is 11.3 Å². The molecular formula is C15H25NOS2. The van der Waals surface area contributed by atoms with Gasteiger partial charge in [0.1, 0.15) is 0 Å². The SMILES string of the molecule is CSCC(CCO)NC(c1cccs1)C1CCCC1. The number of hydrogen-bond donors (Lipinski definition) is 2. The fraction of sp³-hybridized carbons (Fsp3) is 0.733. The van der Waals surface area contributed by atoms with Crippen molar-refractivity contribution in [2.75, 3.05) is 18.6 Å².